The first kappa shape index (κ1) is 22.8. The zero-order valence-corrected chi connectivity index (χ0v) is 17.0. The van der Waals surface area contributed by atoms with Crippen LogP contribution in [0.3, 0.4) is 0 Å². The van der Waals surface area contributed by atoms with Gasteiger partial charge in [-0.25, -0.2) is 14.4 Å². The Hall–Kier alpha value is -1.46. The molecular formula is C18H27FN2O6S. The van der Waals surface area contributed by atoms with E-state index in [9.17, 15) is 12.8 Å². The molecule has 0 amide bonds. The fourth-order valence-corrected chi connectivity index (χ4v) is 2.95. The molecule has 28 heavy (non-hydrogen) atoms. The maximum atomic E-state index is 14.9. The van der Waals surface area contributed by atoms with E-state index in [1.165, 1.54) is 6.20 Å². The second-order valence-electron chi connectivity index (χ2n) is 6.58. The fraction of sp³-hybridized carbons (Fsp3) is 0.667. The van der Waals surface area contributed by atoms with Crippen molar-refractivity contribution in [3.05, 3.63) is 29.9 Å². The summed E-state index contributed by atoms with van der Waals surface area (Å²) in [5, 5.41) is 0. The molecule has 0 fully saturated rings. The van der Waals surface area contributed by atoms with Gasteiger partial charge in [0.1, 0.15) is 12.3 Å². The molecule has 0 saturated heterocycles. The number of hydrogen-bond acceptors (Lipinski definition) is 8. The maximum Gasteiger partial charge on any atom is 0.264 e. The molecule has 0 spiro atoms. The highest BCUT2D eigenvalue weighted by atomic mass is 32.2. The molecule has 0 radical (unpaired) electrons. The number of hydrogen-bond donors (Lipinski definition) is 0. The Kier molecular flexibility index (Phi) is 8.90. The lowest BCUT2D eigenvalue weighted by atomic mass is 9.87. The Morgan fingerprint density at radius 2 is 1.96 bits per heavy atom. The Morgan fingerprint density at radius 1 is 1.21 bits per heavy atom. The van der Waals surface area contributed by atoms with E-state index < -0.39 is 15.8 Å². The highest BCUT2D eigenvalue weighted by Gasteiger charge is 2.32. The predicted molar refractivity (Wildman–Crippen MR) is 101 cm³/mol. The molecule has 1 heterocycles. The first-order chi connectivity index (χ1) is 13.3. The van der Waals surface area contributed by atoms with Crippen LogP contribution in [-0.4, -0.2) is 70.5 Å². The summed E-state index contributed by atoms with van der Waals surface area (Å²) in [6, 6.07) is 1.58. The molecule has 0 aliphatic heterocycles. The lowest BCUT2D eigenvalue weighted by Crippen LogP contribution is -2.32. The standard InChI is InChI=1S/C18H27FN2O6S/c1-24-9-10-25-11-12-26-14-18(19)6-3-15(4-7-18)17-20-8-5-16(21-17)13-27-28(2,22)23/h3,5,8H,4,6-7,9-14H2,1-2H3/t18-/m0/s1. The minimum absolute atomic E-state index is 0.00745. The number of nitrogens with zero attached hydrogens (tertiary/aromatic N) is 2. The quantitative estimate of drug-likeness (QED) is 0.375. The van der Waals surface area contributed by atoms with E-state index in [1.807, 2.05) is 0 Å². The molecule has 0 bridgehead atoms. The van der Waals surface area contributed by atoms with Crippen LogP contribution in [0.15, 0.2) is 18.3 Å². The number of halogens is 1. The molecule has 8 nitrogen and oxygen atoms in total. The minimum atomic E-state index is -3.55. The Labute approximate surface area is 165 Å². The first-order valence-corrected chi connectivity index (χ1v) is 10.8. The summed E-state index contributed by atoms with van der Waals surface area (Å²) < 4.78 is 57.3. The smallest absolute Gasteiger partial charge is 0.264 e. The van der Waals surface area contributed by atoms with Crippen molar-refractivity contribution in [2.24, 2.45) is 0 Å². The number of rotatable bonds is 12. The van der Waals surface area contributed by atoms with Gasteiger partial charge in [-0.05, 0) is 24.5 Å². The van der Waals surface area contributed by atoms with E-state index >= 15 is 0 Å². The van der Waals surface area contributed by atoms with Crippen LogP contribution in [-0.2, 0) is 35.1 Å². The summed E-state index contributed by atoms with van der Waals surface area (Å²) in [5.41, 5.74) is -0.143. The summed E-state index contributed by atoms with van der Waals surface area (Å²) in [7, 11) is -1.95. The number of ether oxygens (including phenoxy) is 3. The Morgan fingerprint density at radius 3 is 2.64 bits per heavy atom. The van der Waals surface area contributed by atoms with Gasteiger partial charge < -0.3 is 14.2 Å². The van der Waals surface area contributed by atoms with Crippen molar-refractivity contribution in [3.8, 4) is 0 Å². The van der Waals surface area contributed by atoms with Gasteiger partial charge in [0, 0.05) is 19.7 Å². The third-order valence-corrected chi connectivity index (χ3v) is 4.69. The predicted octanol–water partition coefficient (Wildman–Crippen LogP) is 1.91. The van der Waals surface area contributed by atoms with Crippen LogP contribution < -0.4 is 0 Å². The van der Waals surface area contributed by atoms with Gasteiger partial charge in [0.2, 0.25) is 0 Å². The van der Waals surface area contributed by atoms with E-state index in [4.69, 9.17) is 18.4 Å². The highest BCUT2D eigenvalue weighted by Crippen LogP contribution is 2.34. The van der Waals surface area contributed by atoms with Gasteiger partial charge >= 0.3 is 0 Å². The molecule has 1 aliphatic rings. The largest absolute Gasteiger partial charge is 0.382 e. The molecule has 10 heteroatoms. The van der Waals surface area contributed by atoms with Crippen molar-refractivity contribution in [1.29, 1.82) is 0 Å². The lowest BCUT2D eigenvalue weighted by Gasteiger charge is -2.28. The second-order valence-corrected chi connectivity index (χ2v) is 8.22. The van der Waals surface area contributed by atoms with Gasteiger partial charge in [-0.15, -0.1) is 0 Å². The van der Waals surface area contributed by atoms with E-state index in [-0.39, 0.29) is 19.6 Å². The maximum absolute atomic E-state index is 14.9. The summed E-state index contributed by atoms with van der Waals surface area (Å²) in [4.78, 5) is 8.51. The van der Waals surface area contributed by atoms with Gasteiger partial charge in [-0.2, -0.15) is 8.42 Å². The normalized spacial score (nSPS) is 20.2. The van der Waals surface area contributed by atoms with E-state index in [0.29, 0.717) is 50.8 Å². The average Bonchev–Trinajstić information content (AvgIpc) is 2.66. The van der Waals surface area contributed by atoms with Crippen LogP contribution in [0.1, 0.15) is 30.8 Å². The topological polar surface area (TPSA) is 96.8 Å². The highest BCUT2D eigenvalue weighted by molar-refractivity contribution is 7.85. The van der Waals surface area contributed by atoms with Gasteiger partial charge in [0.05, 0.1) is 45.0 Å². The van der Waals surface area contributed by atoms with Crippen molar-refractivity contribution in [2.75, 3.05) is 46.4 Å². The average molecular weight is 418 g/mol. The van der Waals surface area contributed by atoms with Gasteiger partial charge in [-0.3, -0.25) is 4.18 Å². The van der Waals surface area contributed by atoms with E-state index in [0.717, 1.165) is 11.8 Å². The molecule has 0 aromatic carbocycles. The van der Waals surface area contributed by atoms with E-state index in [2.05, 4.69) is 9.97 Å². The van der Waals surface area contributed by atoms with Gasteiger partial charge in [0.25, 0.3) is 10.1 Å². The molecule has 0 unspecified atom stereocenters. The van der Waals surface area contributed by atoms with E-state index in [1.54, 1.807) is 19.3 Å². The van der Waals surface area contributed by atoms with Crippen LogP contribution in [0.2, 0.25) is 0 Å². The number of methoxy groups -OCH3 is 1. The summed E-state index contributed by atoms with van der Waals surface area (Å²) in [6.07, 6.45) is 5.28. The molecule has 0 N–H and O–H groups in total. The SMILES string of the molecule is COCCOCCOC[C@]1(F)CC=C(c2nccc(COS(C)(=O)=O)n2)CC1. The number of alkyl halides is 1. The molecule has 0 saturated carbocycles. The third kappa shape index (κ3) is 8.27. The zero-order valence-electron chi connectivity index (χ0n) is 16.2. The van der Waals surface area contributed by atoms with Crippen molar-refractivity contribution >= 4 is 15.7 Å². The van der Waals surface area contributed by atoms with Crippen LogP contribution in [0, 0.1) is 0 Å². The molecule has 1 aliphatic carbocycles. The lowest BCUT2D eigenvalue weighted by molar-refractivity contribution is -0.0213. The van der Waals surface area contributed by atoms with Crippen LogP contribution in [0.25, 0.3) is 5.57 Å². The first-order valence-electron chi connectivity index (χ1n) is 9.00. The molecule has 158 valence electrons. The van der Waals surface area contributed by atoms with Crippen LogP contribution in [0.5, 0.6) is 0 Å². The fourth-order valence-electron chi connectivity index (χ4n) is 2.62. The molecule has 1 aromatic rings. The molecule has 2 rings (SSSR count). The molecule has 1 aromatic heterocycles. The summed E-state index contributed by atoms with van der Waals surface area (Å²) in [6.45, 7) is 1.59. The van der Waals surface area contributed by atoms with Crippen molar-refractivity contribution in [3.63, 3.8) is 0 Å². The third-order valence-electron chi connectivity index (χ3n) is 4.14. The molecule has 1 atom stereocenters. The van der Waals surface area contributed by atoms with Crippen molar-refractivity contribution in [2.45, 2.75) is 31.5 Å². The summed E-state index contributed by atoms with van der Waals surface area (Å²) >= 11 is 0. The Bertz CT molecular complexity index is 758. The van der Waals surface area contributed by atoms with Gasteiger partial charge in [-0.1, -0.05) is 6.08 Å². The van der Waals surface area contributed by atoms with Crippen LogP contribution in [0.4, 0.5) is 4.39 Å². The number of allylic oxidation sites excluding steroid dienone is 2. The van der Waals surface area contributed by atoms with Gasteiger partial charge in [0.15, 0.2) is 5.82 Å². The van der Waals surface area contributed by atoms with Crippen molar-refractivity contribution in [1.82, 2.24) is 9.97 Å². The Balaban J connectivity index is 1.82. The number of aromatic nitrogens is 2. The molecular weight excluding hydrogens is 391 g/mol. The monoisotopic (exact) mass is 418 g/mol. The summed E-state index contributed by atoms with van der Waals surface area (Å²) in [5.74, 6) is 0.462. The second kappa shape index (κ2) is 10.9. The zero-order chi connectivity index (χ0) is 20.5. The van der Waals surface area contributed by atoms with Crippen molar-refractivity contribution < 1.29 is 31.2 Å². The van der Waals surface area contributed by atoms with Crippen LogP contribution >= 0.6 is 0 Å². The minimum Gasteiger partial charge on any atom is -0.382 e.